The molecule has 0 saturated carbocycles. The van der Waals surface area contributed by atoms with Gasteiger partial charge in [-0.15, -0.1) is 6.58 Å². The summed E-state index contributed by atoms with van der Waals surface area (Å²) in [4.78, 5) is 4.25. The zero-order valence-electron chi connectivity index (χ0n) is 9.32. The summed E-state index contributed by atoms with van der Waals surface area (Å²) in [6.45, 7) is 8.22. The van der Waals surface area contributed by atoms with Crippen LogP contribution >= 0.6 is 0 Å². The first kappa shape index (κ1) is 10.4. The second kappa shape index (κ2) is 4.62. The summed E-state index contributed by atoms with van der Waals surface area (Å²) < 4.78 is 2.23. The van der Waals surface area contributed by atoms with Crippen LogP contribution in [0.1, 0.15) is 37.4 Å². The van der Waals surface area contributed by atoms with Crippen LogP contribution in [0.15, 0.2) is 25.2 Å². The third-order valence-electron chi connectivity index (χ3n) is 3.19. The molecule has 82 valence electrons. The first-order valence-electron chi connectivity index (χ1n) is 5.68. The van der Waals surface area contributed by atoms with E-state index in [4.69, 9.17) is 0 Å². The molecule has 0 aromatic carbocycles. The van der Waals surface area contributed by atoms with E-state index in [0.29, 0.717) is 12.0 Å². The molecule has 1 aliphatic rings. The van der Waals surface area contributed by atoms with Gasteiger partial charge in [0, 0.05) is 30.4 Å². The van der Waals surface area contributed by atoms with Gasteiger partial charge in [-0.25, -0.2) is 4.98 Å². The van der Waals surface area contributed by atoms with Crippen LogP contribution in [-0.2, 0) is 0 Å². The van der Waals surface area contributed by atoms with E-state index in [1.807, 2.05) is 18.6 Å². The van der Waals surface area contributed by atoms with Crippen molar-refractivity contribution in [1.29, 1.82) is 0 Å². The highest BCUT2D eigenvalue weighted by Gasteiger charge is 2.19. The Morgan fingerprint density at radius 3 is 3.27 bits per heavy atom. The molecule has 0 radical (unpaired) electrons. The number of hydrogen-bond acceptors (Lipinski definition) is 2. The average molecular weight is 205 g/mol. The van der Waals surface area contributed by atoms with Crippen molar-refractivity contribution >= 4 is 0 Å². The smallest absolute Gasteiger partial charge is 0.0953 e. The molecule has 2 atom stereocenters. The fourth-order valence-electron chi connectivity index (χ4n) is 2.19. The second-order valence-electron chi connectivity index (χ2n) is 4.25. The van der Waals surface area contributed by atoms with Crippen molar-refractivity contribution in [2.24, 2.45) is 0 Å². The van der Waals surface area contributed by atoms with E-state index in [-0.39, 0.29) is 0 Å². The van der Waals surface area contributed by atoms with Crippen LogP contribution in [0.4, 0.5) is 0 Å². The molecule has 0 aliphatic carbocycles. The maximum atomic E-state index is 4.25. The summed E-state index contributed by atoms with van der Waals surface area (Å²) in [6.07, 6.45) is 8.40. The molecule has 15 heavy (non-hydrogen) atoms. The number of piperidine rings is 1. The maximum Gasteiger partial charge on any atom is 0.0953 e. The van der Waals surface area contributed by atoms with E-state index in [9.17, 15) is 0 Å². The third kappa shape index (κ3) is 2.12. The molecule has 0 amide bonds. The number of aromatic nitrogens is 2. The fraction of sp³-hybridized carbons (Fsp3) is 0.583. The SMILES string of the molecule is C=CC(C)n1cncc1C1CCCNC1. The Labute approximate surface area is 91.2 Å². The lowest BCUT2D eigenvalue weighted by Gasteiger charge is -2.25. The monoisotopic (exact) mass is 205 g/mol. The highest BCUT2D eigenvalue weighted by molar-refractivity contribution is 5.10. The van der Waals surface area contributed by atoms with Crippen molar-refractivity contribution in [3.05, 3.63) is 30.9 Å². The van der Waals surface area contributed by atoms with Gasteiger partial charge < -0.3 is 9.88 Å². The van der Waals surface area contributed by atoms with Gasteiger partial charge in [-0.05, 0) is 26.3 Å². The summed E-state index contributed by atoms with van der Waals surface area (Å²) in [5, 5.41) is 3.44. The molecule has 1 aromatic heterocycles. The standard InChI is InChI=1S/C12H19N3/c1-3-10(2)15-9-14-8-12(15)11-5-4-6-13-7-11/h3,8-11,13H,1,4-7H2,2H3. The quantitative estimate of drug-likeness (QED) is 0.766. The normalized spacial score (nSPS) is 23.7. The van der Waals surface area contributed by atoms with E-state index in [2.05, 4.69) is 28.4 Å². The Morgan fingerprint density at radius 1 is 1.73 bits per heavy atom. The molecule has 1 aromatic rings. The van der Waals surface area contributed by atoms with Gasteiger partial charge in [0.15, 0.2) is 0 Å². The molecule has 2 rings (SSSR count). The Morgan fingerprint density at radius 2 is 2.60 bits per heavy atom. The van der Waals surface area contributed by atoms with E-state index in [1.54, 1.807) is 0 Å². The number of nitrogens with one attached hydrogen (secondary N) is 1. The molecule has 1 saturated heterocycles. The Kier molecular flexibility index (Phi) is 3.21. The molecule has 1 aliphatic heterocycles. The molecule has 3 nitrogen and oxygen atoms in total. The van der Waals surface area contributed by atoms with E-state index < -0.39 is 0 Å². The summed E-state index contributed by atoms with van der Waals surface area (Å²) >= 11 is 0. The molecule has 2 heterocycles. The van der Waals surface area contributed by atoms with Gasteiger partial charge >= 0.3 is 0 Å². The zero-order chi connectivity index (χ0) is 10.7. The molecule has 1 fully saturated rings. The van der Waals surface area contributed by atoms with Crippen molar-refractivity contribution in [3.8, 4) is 0 Å². The Balaban J connectivity index is 2.19. The average Bonchev–Trinajstić information content (AvgIpc) is 2.78. The van der Waals surface area contributed by atoms with Gasteiger partial charge in [0.2, 0.25) is 0 Å². The molecule has 2 unspecified atom stereocenters. The lowest BCUT2D eigenvalue weighted by Crippen LogP contribution is -2.29. The minimum atomic E-state index is 0.337. The number of nitrogens with zero attached hydrogens (tertiary/aromatic N) is 2. The van der Waals surface area contributed by atoms with Gasteiger partial charge in [-0.3, -0.25) is 0 Å². The van der Waals surface area contributed by atoms with Crippen LogP contribution in [0, 0.1) is 0 Å². The zero-order valence-corrected chi connectivity index (χ0v) is 9.32. The Hall–Kier alpha value is -1.09. The van der Waals surface area contributed by atoms with Crippen LogP contribution in [0.2, 0.25) is 0 Å². The molecule has 0 bridgehead atoms. The topological polar surface area (TPSA) is 29.9 Å². The largest absolute Gasteiger partial charge is 0.328 e. The predicted octanol–water partition coefficient (Wildman–Crippen LogP) is 2.10. The highest BCUT2D eigenvalue weighted by Crippen LogP contribution is 2.25. The van der Waals surface area contributed by atoms with Crippen molar-refractivity contribution in [2.75, 3.05) is 13.1 Å². The van der Waals surface area contributed by atoms with Gasteiger partial charge in [-0.1, -0.05) is 6.08 Å². The Bertz CT molecular complexity index is 323. The van der Waals surface area contributed by atoms with Crippen LogP contribution in [0.3, 0.4) is 0 Å². The minimum absolute atomic E-state index is 0.337. The van der Waals surface area contributed by atoms with Gasteiger partial charge in [0.05, 0.1) is 6.33 Å². The van der Waals surface area contributed by atoms with E-state index in [1.165, 1.54) is 18.5 Å². The van der Waals surface area contributed by atoms with E-state index in [0.717, 1.165) is 13.1 Å². The first-order chi connectivity index (χ1) is 7.33. The van der Waals surface area contributed by atoms with Gasteiger partial charge in [-0.2, -0.15) is 0 Å². The van der Waals surface area contributed by atoms with Crippen molar-refractivity contribution in [3.63, 3.8) is 0 Å². The maximum absolute atomic E-state index is 4.25. The molecule has 0 spiro atoms. The first-order valence-corrected chi connectivity index (χ1v) is 5.68. The van der Waals surface area contributed by atoms with Crippen LogP contribution in [0.5, 0.6) is 0 Å². The van der Waals surface area contributed by atoms with Gasteiger partial charge in [0.25, 0.3) is 0 Å². The number of hydrogen-bond donors (Lipinski definition) is 1. The minimum Gasteiger partial charge on any atom is -0.328 e. The van der Waals surface area contributed by atoms with Crippen LogP contribution < -0.4 is 5.32 Å². The number of imidazole rings is 1. The molecule has 3 heteroatoms. The molecular formula is C12H19N3. The number of allylic oxidation sites excluding steroid dienone is 1. The lowest BCUT2D eigenvalue weighted by atomic mass is 9.96. The van der Waals surface area contributed by atoms with Gasteiger partial charge in [0.1, 0.15) is 0 Å². The lowest BCUT2D eigenvalue weighted by molar-refractivity contribution is 0.437. The molecular weight excluding hydrogens is 186 g/mol. The summed E-state index contributed by atoms with van der Waals surface area (Å²) in [6, 6.07) is 0.337. The van der Waals surface area contributed by atoms with Crippen LogP contribution in [0.25, 0.3) is 0 Å². The van der Waals surface area contributed by atoms with Crippen LogP contribution in [-0.4, -0.2) is 22.6 Å². The third-order valence-corrected chi connectivity index (χ3v) is 3.19. The second-order valence-corrected chi connectivity index (χ2v) is 4.25. The fourth-order valence-corrected chi connectivity index (χ4v) is 2.19. The summed E-state index contributed by atoms with van der Waals surface area (Å²) in [5.74, 6) is 0.614. The van der Waals surface area contributed by atoms with E-state index >= 15 is 0 Å². The van der Waals surface area contributed by atoms with Crippen molar-refractivity contribution in [2.45, 2.75) is 31.7 Å². The summed E-state index contributed by atoms with van der Waals surface area (Å²) in [7, 11) is 0. The number of rotatable bonds is 3. The molecule has 1 N–H and O–H groups in total. The van der Waals surface area contributed by atoms with Crippen molar-refractivity contribution < 1.29 is 0 Å². The summed E-state index contributed by atoms with van der Waals surface area (Å²) in [5.41, 5.74) is 1.34. The predicted molar refractivity (Wildman–Crippen MR) is 62.0 cm³/mol. The van der Waals surface area contributed by atoms with Crippen molar-refractivity contribution in [1.82, 2.24) is 14.9 Å². The highest BCUT2D eigenvalue weighted by atomic mass is 15.1.